The molecule has 1 aliphatic heterocycles. The molecular weight excluding hydrogens is 332 g/mol. The molecular formula is C13H16BrClN2O2. The van der Waals surface area contributed by atoms with E-state index < -0.39 is 0 Å². The molecule has 0 spiro atoms. The van der Waals surface area contributed by atoms with Crippen LogP contribution in [0, 0.1) is 0 Å². The van der Waals surface area contributed by atoms with Gasteiger partial charge < -0.3 is 15.4 Å². The van der Waals surface area contributed by atoms with Gasteiger partial charge in [-0.25, -0.2) is 0 Å². The number of carbonyl (C=O) groups is 1. The van der Waals surface area contributed by atoms with Crippen LogP contribution in [0.4, 0.5) is 5.69 Å². The molecule has 1 saturated heterocycles. The smallest absolute Gasteiger partial charge is 0.239 e. The lowest BCUT2D eigenvalue weighted by Crippen LogP contribution is -2.41. The molecule has 0 radical (unpaired) electrons. The van der Waals surface area contributed by atoms with Gasteiger partial charge in [-0.2, -0.15) is 0 Å². The van der Waals surface area contributed by atoms with Gasteiger partial charge in [0.05, 0.1) is 11.6 Å². The molecule has 0 atom stereocenters. The van der Waals surface area contributed by atoms with Gasteiger partial charge in [0.1, 0.15) is 0 Å². The number of carbonyl (C=O) groups excluding carboxylic acids is 1. The molecule has 2 N–H and O–H groups in total. The summed E-state index contributed by atoms with van der Waals surface area (Å²) in [4.78, 5) is 11.8. The van der Waals surface area contributed by atoms with Crippen LogP contribution < -0.4 is 10.6 Å². The summed E-state index contributed by atoms with van der Waals surface area (Å²) in [6.45, 7) is 1.70. The predicted molar refractivity (Wildman–Crippen MR) is 79.6 cm³/mol. The average molecular weight is 348 g/mol. The van der Waals surface area contributed by atoms with E-state index in [9.17, 15) is 4.79 Å². The molecule has 104 valence electrons. The number of amides is 1. The zero-order valence-corrected chi connectivity index (χ0v) is 12.8. The average Bonchev–Trinajstić information content (AvgIpc) is 2.41. The molecule has 0 bridgehead atoms. The number of benzene rings is 1. The Morgan fingerprint density at radius 1 is 1.42 bits per heavy atom. The van der Waals surface area contributed by atoms with Crippen molar-refractivity contribution < 1.29 is 9.53 Å². The molecule has 6 heteroatoms. The quantitative estimate of drug-likeness (QED) is 0.880. The highest BCUT2D eigenvalue weighted by atomic mass is 79.9. The second-order valence-electron chi connectivity index (χ2n) is 4.44. The van der Waals surface area contributed by atoms with E-state index in [-0.39, 0.29) is 18.5 Å². The van der Waals surface area contributed by atoms with Crippen LogP contribution in [-0.2, 0) is 9.53 Å². The summed E-state index contributed by atoms with van der Waals surface area (Å²) in [5, 5.41) is 6.72. The monoisotopic (exact) mass is 346 g/mol. The molecule has 0 aliphatic carbocycles. The van der Waals surface area contributed by atoms with E-state index in [0.717, 1.165) is 36.2 Å². The maximum absolute atomic E-state index is 11.8. The minimum Gasteiger partial charge on any atom is -0.381 e. The van der Waals surface area contributed by atoms with Crippen molar-refractivity contribution in [2.75, 3.05) is 25.1 Å². The van der Waals surface area contributed by atoms with E-state index in [1.165, 1.54) is 0 Å². The Kier molecular flexibility index (Phi) is 5.48. The van der Waals surface area contributed by atoms with Gasteiger partial charge in [0, 0.05) is 29.4 Å². The van der Waals surface area contributed by atoms with Gasteiger partial charge in [0.25, 0.3) is 0 Å². The number of rotatable bonds is 4. The van der Waals surface area contributed by atoms with Crippen LogP contribution in [0.2, 0.25) is 5.02 Å². The number of ether oxygens (including phenoxy) is 1. The fraction of sp³-hybridized carbons (Fsp3) is 0.462. The minimum absolute atomic E-state index is 0.00188. The molecule has 1 heterocycles. The largest absolute Gasteiger partial charge is 0.381 e. The molecule has 19 heavy (non-hydrogen) atoms. The summed E-state index contributed by atoms with van der Waals surface area (Å²) in [5.74, 6) is -0.00188. The number of halogens is 2. The van der Waals surface area contributed by atoms with Crippen LogP contribution in [-0.4, -0.2) is 31.7 Å². The summed E-state index contributed by atoms with van der Waals surface area (Å²) in [6.07, 6.45) is 1.77. The van der Waals surface area contributed by atoms with Crippen LogP contribution in [0.25, 0.3) is 0 Å². The van der Waals surface area contributed by atoms with E-state index >= 15 is 0 Å². The first-order valence-corrected chi connectivity index (χ1v) is 7.38. The highest BCUT2D eigenvalue weighted by Gasteiger charge is 2.15. The first-order chi connectivity index (χ1) is 9.15. The molecule has 0 saturated carbocycles. The lowest BCUT2D eigenvalue weighted by molar-refractivity contribution is -0.120. The summed E-state index contributed by atoms with van der Waals surface area (Å²) in [6, 6.07) is 5.71. The maximum Gasteiger partial charge on any atom is 0.239 e. The molecule has 1 aromatic rings. The van der Waals surface area contributed by atoms with Crippen LogP contribution in [0.5, 0.6) is 0 Å². The van der Waals surface area contributed by atoms with E-state index in [1.807, 2.05) is 12.1 Å². The van der Waals surface area contributed by atoms with Crippen molar-refractivity contribution in [1.29, 1.82) is 0 Å². The van der Waals surface area contributed by atoms with Gasteiger partial charge in [0.2, 0.25) is 5.91 Å². The van der Waals surface area contributed by atoms with Crippen LogP contribution in [0.15, 0.2) is 22.7 Å². The zero-order chi connectivity index (χ0) is 13.7. The van der Waals surface area contributed by atoms with Gasteiger partial charge in [-0.15, -0.1) is 0 Å². The van der Waals surface area contributed by atoms with Gasteiger partial charge in [-0.05, 0) is 47.0 Å². The Morgan fingerprint density at radius 2 is 2.16 bits per heavy atom. The molecule has 1 aromatic carbocycles. The fourth-order valence-electron chi connectivity index (χ4n) is 1.91. The Bertz CT molecular complexity index is 450. The summed E-state index contributed by atoms with van der Waals surface area (Å²) in [5.41, 5.74) is 0.860. The molecule has 1 amide bonds. The third-order valence-corrected chi connectivity index (χ3v) is 4.17. The van der Waals surface area contributed by atoms with E-state index in [1.54, 1.807) is 6.07 Å². The Morgan fingerprint density at radius 3 is 2.84 bits per heavy atom. The van der Waals surface area contributed by atoms with Gasteiger partial charge in [-0.3, -0.25) is 4.79 Å². The SMILES string of the molecule is O=C(CNc1ccc(Cl)c(Br)c1)NC1CCOCC1. The third-order valence-electron chi connectivity index (χ3n) is 2.96. The predicted octanol–water partition coefficient (Wildman–Crippen LogP) is 2.81. The van der Waals surface area contributed by atoms with Crippen LogP contribution in [0.1, 0.15) is 12.8 Å². The lowest BCUT2D eigenvalue weighted by Gasteiger charge is -2.23. The first kappa shape index (κ1) is 14.6. The van der Waals surface area contributed by atoms with E-state index in [2.05, 4.69) is 26.6 Å². The normalized spacial score (nSPS) is 16.1. The van der Waals surface area contributed by atoms with Crippen molar-refractivity contribution in [3.8, 4) is 0 Å². The lowest BCUT2D eigenvalue weighted by atomic mass is 10.1. The summed E-state index contributed by atoms with van der Waals surface area (Å²) < 4.78 is 6.06. The molecule has 1 fully saturated rings. The molecule has 4 nitrogen and oxygen atoms in total. The van der Waals surface area contributed by atoms with Crippen LogP contribution in [0.3, 0.4) is 0 Å². The Hall–Kier alpha value is -0.780. The first-order valence-electron chi connectivity index (χ1n) is 6.21. The van der Waals surface area contributed by atoms with Crippen LogP contribution >= 0.6 is 27.5 Å². The van der Waals surface area contributed by atoms with Crippen molar-refractivity contribution >= 4 is 39.1 Å². The maximum atomic E-state index is 11.8. The highest BCUT2D eigenvalue weighted by molar-refractivity contribution is 9.10. The van der Waals surface area contributed by atoms with E-state index in [0.29, 0.717) is 5.02 Å². The van der Waals surface area contributed by atoms with Gasteiger partial charge in [0.15, 0.2) is 0 Å². The fourth-order valence-corrected chi connectivity index (χ4v) is 2.41. The standard InChI is InChI=1S/C13H16BrClN2O2/c14-11-7-10(1-2-12(11)15)16-8-13(18)17-9-3-5-19-6-4-9/h1-2,7,9,16H,3-6,8H2,(H,17,18). The molecule has 2 rings (SSSR count). The van der Waals surface area contributed by atoms with Crippen molar-refractivity contribution in [3.05, 3.63) is 27.7 Å². The van der Waals surface area contributed by atoms with Crippen molar-refractivity contribution in [3.63, 3.8) is 0 Å². The van der Waals surface area contributed by atoms with Crippen molar-refractivity contribution in [2.24, 2.45) is 0 Å². The number of hydrogen-bond acceptors (Lipinski definition) is 3. The van der Waals surface area contributed by atoms with Crippen molar-refractivity contribution in [2.45, 2.75) is 18.9 Å². The Labute approximate surface area is 126 Å². The summed E-state index contributed by atoms with van der Waals surface area (Å²) >= 11 is 9.25. The van der Waals surface area contributed by atoms with Gasteiger partial charge in [-0.1, -0.05) is 11.6 Å². The second kappa shape index (κ2) is 7.12. The number of nitrogens with one attached hydrogen (secondary N) is 2. The third kappa shape index (κ3) is 4.67. The highest BCUT2D eigenvalue weighted by Crippen LogP contribution is 2.25. The minimum atomic E-state index is -0.00188. The number of anilines is 1. The summed E-state index contributed by atoms with van der Waals surface area (Å²) in [7, 11) is 0. The van der Waals surface area contributed by atoms with Crippen molar-refractivity contribution in [1.82, 2.24) is 5.32 Å². The molecule has 0 unspecified atom stereocenters. The van der Waals surface area contributed by atoms with E-state index in [4.69, 9.17) is 16.3 Å². The molecule has 0 aromatic heterocycles. The Balaban J connectivity index is 1.77. The zero-order valence-electron chi connectivity index (χ0n) is 10.4. The van der Waals surface area contributed by atoms with Gasteiger partial charge >= 0.3 is 0 Å². The molecule has 1 aliphatic rings. The number of hydrogen-bond donors (Lipinski definition) is 2. The topological polar surface area (TPSA) is 50.4 Å². The second-order valence-corrected chi connectivity index (χ2v) is 5.70.